The molecule has 1 fully saturated rings. The number of ketones is 1. The molecule has 2 aromatic rings. The van der Waals surface area contributed by atoms with Gasteiger partial charge in [0.2, 0.25) is 5.78 Å². The minimum atomic E-state index is -0.707. The molecule has 0 bridgehead atoms. The van der Waals surface area contributed by atoms with Gasteiger partial charge in [0.1, 0.15) is 11.8 Å². The van der Waals surface area contributed by atoms with E-state index in [1.807, 2.05) is 0 Å². The lowest BCUT2D eigenvalue weighted by molar-refractivity contribution is -0.129. The molecule has 0 aliphatic carbocycles. The third-order valence-corrected chi connectivity index (χ3v) is 5.95. The normalized spacial score (nSPS) is 20.9. The lowest BCUT2D eigenvalue weighted by atomic mass is 10.00. The molecule has 7 nitrogen and oxygen atoms in total. The van der Waals surface area contributed by atoms with E-state index in [2.05, 4.69) is 4.90 Å². The van der Waals surface area contributed by atoms with Gasteiger partial charge in [-0.1, -0.05) is 6.07 Å². The Morgan fingerprint density at radius 1 is 1.21 bits per heavy atom. The molecule has 28 heavy (non-hydrogen) atoms. The number of carbonyl (C=O) groups is 2. The van der Waals surface area contributed by atoms with Gasteiger partial charge in [-0.05, 0) is 30.0 Å². The highest BCUT2D eigenvalue weighted by Gasteiger charge is 2.45. The quantitative estimate of drug-likeness (QED) is 0.717. The van der Waals surface area contributed by atoms with Gasteiger partial charge in [0, 0.05) is 26.2 Å². The number of morpholine rings is 1. The Kier molecular flexibility index (Phi) is 5.61. The summed E-state index contributed by atoms with van der Waals surface area (Å²) in [6, 6.07) is 6.20. The summed E-state index contributed by atoms with van der Waals surface area (Å²) < 4.78 is 10.9. The van der Waals surface area contributed by atoms with E-state index in [1.54, 1.807) is 29.6 Å². The molecular formula is C20H22N2O5S. The maximum absolute atomic E-state index is 13.0. The molecule has 2 aliphatic rings. The fourth-order valence-corrected chi connectivity index (χ4v) is 4.37. The van der Waals surface area contributed by atoms with Gasteiger partial charge < -0.3 is 19.2 Å². The Bertz CT molecular complexity index is 853. The van der Waals surface area contributed by atoms with Gasteiger partial charge in [-0.3, -0.25) is 14.5 Å². The van der Waals surface area contributed by atoms with Gasteiger partial charge in [0.25, 0.3) is 5.91 Å². The van der Waals surface area contributed by atoms with Gasteiger partial charge in [0.15, 0.2) is 5.76 Å². The first-order valence-corrected chi connectivity index (χ1v) is 10.2. The molecule has 2 aliphatic heterocycles. The number of nitrogens with zero attached hydrogens (tertiary/aromatic N) is 2. The number of thiophene rings is 1. The molecule has 0 aromatic carbocycles. The molecule has 8 heteroatoms. The first kappa shape index (κ1) is 18.9. The third-order valence-electron chi connectivity index (χ3n) is 5.08. The van der Waals surface area contributed by atoms with Gasteiger partial charge in [-0.15, -0.1) is 11.3 Å². The largest absolute Gasteiger partial charge is 0.503 e. The SMILES string of the molecule is O=C(C1=C(O)C(=O)N(CCCN2CCOCC2)[C@@H]1c1ccco1)c1cccs1. The fourth-order valence-electron chi connectivity index (χ4n) is 3.69. The Hall–Kier alpha value is -2.42. The van der Waals surface area contributed by atoms with Gasteiger partial charge in [-0.2, -0.15) is 0 Å². The van der Waals surface area contributed by atoms with Crippen LogP contribution in [0.1, 0.15) is 27.9 Å². The number of furan rings is 1. The molecule has 148 valence electrons. The molecule has 0 spiro atoms. The number of rotatable bonds is 7. The lowest BCUT2D eigenvalue weighted by Gasteiger charge is -2.29. The lowest BCUT2D eigenvalue weighted by Crippen LogP contribution is -2.39. The van der Waals surface area contributed by atoms with Gasteiger partial charge in [0.05, 0.1) is 29.9 Å². The molecule has 1 atom stereocenters. The third kappa shape index (κ3) is 3.63. The van der Waals surface area contributed by atoms with E-state index < -0.39 is 17.7 Å². The van der Waals surface area contributed by atoms with Crippen molar-refractivity contribution in [1.29, 1.82) is 0 Å². The predicted molar refractivity (Wildman–Crippen MR) is 103 cm³/mol. The second kappa shape index (κ2) is 8.30. The zero-order valence-electron chi connectivity index (χ0n) is 15.4. The second-order valence-electron chi connectivity index (χ2n) is 6.79. The van der Waals surface area contributed by atoms with E-state index in [-0.39, 0.29) is 11.4 Å². The number of hydrogen-bond donors (Lipinski definition) is 1. The van der Waals surface area contributed by atoms with Crippen molar-refractivity contribution in [3.8, 4) is 0 Å². The molecule has 0 radical (unpaired) electrons. The van der Waals surface area contributed by atoms with E-state index in [0.717, 1.165) is 39.3 Å². The predicted octanol–water partition coefficient (Wildman–Crippen LogP) is 2.64. The smallest absolute Gasteiger partial charge is 0.290 e. The molecule has 0 saturated carbocycles. The maximum Gasteiger partial charge on any atom is 0.290 e. The summed E-state index contributed by atoms with van der Waals surface area (Å²) in [5, 5.41) is 12.3. The molecule has 1 N–H and O–H groups in total. The van der Waals surface area contributed by atoms with E-state index in [9.17, 15) is 14.7 Å². The van der Waals surface area contributed by atoms with Gasteiger partial charge in [-0.25, -0.2) is 0 Å². The summed E-state index contributed by atoms with van der Waals surface area (Å²) >= 11 is 1.28. The van der Waals surface area contributed by atoms with E-state index in [4.69, 9.17) is 9.15 Å². The van der Waals surface area contributed by atoms with Crippen molar-refractivity contribution in [3.05, 3.63) is 57.9 Å². The van der Waals surface area contributed by atoms with Crippen molar-refractivity contribution in [1.82, 2.24) is 9.80 Å². The first-order chi connectivity index (χ1) is 13.7. The van der Waals surface area contributed by atoms with Crippen molar-refractivity contribution in [2.45, 2.75) is 12.5 Å². The molecule has 1 saturated heterocycles. The highest BCUT2D eigenvalue weighted by molar-refractivity contribution is 7.12. The summed E-state index contributed by atoms with van der Waals surface area (Å²) in [6.07, 6.45) is 2.24. The van der Waals surface area contributed by atoms with Crippen LogP contribution < -0.4 is 0 Å². The Labute approximate surface area is 166 Å². The van der Waals surface area contributed by atoms with Crippen molar-refractivity contribution < 1.29 is 23.8 Å². The number of Topliss-reactive ketones (excluding diaryl/α,β-unsaturated/α-hetero) is 1. The minimum absolute atomic E-state index is 0.0915. The highest BCUT2D eigenvalue weighted by Crippen LogP contribution is 2.39. The van der Waals surface area contributed by atoms with Crippen molar-refractivity contribution in [3.63, 3.8) is 0 Å². The van der Waals surface area contributed by atoms with Crippen LogP contribution >= 0.6 is 11.3 Å². The van der Waals surface area contributed by atoms with E-state index >= 15 is 0 Å². The Morgan fingerprint density at radius 3 is 2.71 bits per heavy atom. The Balaban J connectivity index is 1.54. The molecule has 1 amide bonds. The van der Waals surface area contributed by atoms with Crippen molar-refractivity contribution in [2.75, 3.05) is 39.4 Å². The van der Waals surface area contributed by atoms with Crippen molar-refractivity contribution >= 4 is 23.0 Å². The maximum atomic E-state index is 13.0. The average Bonchev–Trinajstić information content (AvgIpc) is 3.46. The van der Waals surface area contributed by atoms with Crippen LogP contribution in [-0.2, 0) is 9.53 Å². The monoisotopic (exact) mass is 402 g/mol. The molecular weight excluding hydrogens is 380 g/mol. The number of hydrogen-bond acceptors (Lipinski definition) is 7. The van der Waals surface area contributed by atoms with Crippen LogP contribution in [0.25, 0.3) is 0 Å². The molecule has 2 aromatic heterocycles. The van der Waals surface area contributed by atoms with Crippen molar-refractivity contribution in [2.24, 2.45) is 0 Å². The topological polar surface area (TPSA) is 83.2 Å². The van der Waals surface area contributed by atoms with Crippen LogP contribution in [0.5, 0.6) is 0 Å². The fraction of sp³-hybridized carbons (Fsp3) is 0.400. The van der Waals surface area contributed by atoms with Crippen LogP contribution in [-0.4, -0.2) is 66.0 Å². The number of ether oxygens (including phenoxy) is 1. The zero-order chi connectivity index (χ0) is 19.5. The summed E-state index contributed by atoms with van der Waals surface area (Å²) in [5.74, 6) is -0.865. The Morgan fingerprint density at radius 2 is 2.04 bits per heavy atom. The first-order valence-electron chi connectivity index (χ1n) is 9.32. The average molecular weight is 402 g/mol. The summed E-state index contributed by atoms with van der Waals surface area (Å²) in [5.41, 5.74) is 0.0915. The second-order valence-corrected chi connectivity index (χ2v) is 7.74. The number of carbonyl (C=O) groups excluding carboxylic acids is 2. The number of aliphatic hydroxyl groups excluding tert-OH is 1. The van der Waals surface area contributed by atoms with Crippen LogP contribution in [0, 0.1) is 0 Å². The summed E-state index contributed by atoms with van der Waals surface area (Å²) in [6.45, 7) is 4.45. The molecule has 0 unspecified atom stereocenters. The van der Waals surface area contributed by atoms with Crippen LogP contribution in [0.3, 0.4) is 0 Å². The van der Waals surface area contributed by atoms with Crippen LogP contribution in [0.2, 0.25) is 0 Å². The minimum Gasteiger partial charge on any atom is -0.503 e. The van der Waals surface area contributed by atoms with E-state index in [0.29, 0.717) is 17.2 Å². The summed E-state index contributed by atoms with van der Waals surface area (Å²) in [7, 11) is 0. The molecule has 4 rings (SSSR count). The standard InChI is InChI=1S/C20H22N2O5S/c23-18(15-5-2-13-28-15)16-17(14-4-1-10-27-14)22(20(25)19(16)24)7-3-6-21-8-11-26-12-9-21/h1-2,4-5,10,13,17,24H,3,6-9,11-12H2/t17-/m1/s1. The van der Waals surface area contributed by atoms with Crippen LogP contribution in [0.4, 0.5) is 0 Å². The van der Waals surface area contributed by atoms with Crippen LogP contribution in [0.15, 0.2) is 51.7 Å². The molecule has 4 heterocycles. The zero-order valence-corrected chi connectivity index (χ0v) is 16.2. The van der Waals surface area contributed by atoms with E-state index in [1.165, 1.54) is 22.5 Å². The van der Waals surface area contributed by atoms with Gasteiger partial charge >= 0.3 is 0 Å². The summed E-state index contributed by atoms with van der Waals surface area (Å²) in [4.78, 5) is 30.1. The number of aliphatic hydroxyl groups is 1. The highest BCUT2D eigenvalue weighted by atomic mass is 32.1. The number of amides is 1.